The van der Waals surface area contributed by atoms with E-state index in [0.717, 1.165) is 5.69 Å². The van der Waals surface area contributed by atoms with Crippen molar-refractivity contribution in [2.75, 3.05) is 19.0 Å². The van der Waals surface area contributed by atoms with Crippen LogP contribution in [0.4, 0.5) is 10.5 Å². The third-order valence-electron chi connectivity index (χ3n) is 5.70. The summed E-state index contributed by atoms with van der Waals surface area (Å²) in [5.41, 5.74) is -0.367. The van der Waals surface area contributed by atoms with Gasteiger partial charge in [0.2, 0.25) is 0 Å². The molecule has 0 saturated heterocycles. The molecule has 30 heavy (non-hydrogen) atoms. The van der Waals surface area contributed by atoms with Gasteiger partial charge in [0.15, 0.2) is 9.84 Å². The highest BCUT2D eigenvalue weighted by Crippen LogP contribution is 2.48. The van der Waals surface area contributed by atoms with Crippen LogP contribution in [0.1, 0.15) is 53.5 Å². The molecule has 9 heteroatoms. The van der Waals surface area contributed by atoms with Crippen LogP contribution in [0.3, 0.4) is 0 Å². The standard InChI is InChI=1S/C21H31N3O5S/c1-19(2,3)29-18(25)23-17-20(4,5)30(26,27)16-10-11-28-15-9-8-13(22-7)12-14(15)21(16,6)24-17/h8-9,12,16,22H,10-11H2,1-7H3,(H,23,24,25)/t16-,21-/m1/s1. The second-order valence-electron chi connectivity index (χ2n) is 9.38. The number of anilines is 1. The fourth-order valence-corrected chi connectivity index (χ4v) is 6.23. The maximum atomic E-state index is 13.7. The molecule has 3 rings (SSSR count). The number of carbonyl (C=O) groups is 1. The van der Waals surface area contributed by atoms with Crippen LogP contribution in [0, 0.1) is 0 Å². The molecule has 0 unspecified atom stereocenters. The van der Waals surface area contributed by atoms with Crippen molar-refractivity contribution in [3.05, 3.63) is 23.8 Å². The molecule has 0 fully saturated rings. The van der Waals surface area contributed by atoms with Gasteiger partial charge in [-0.3, -0.25) is 10.3 Å². The first-order chi connectivity index (χ1) is 13.7. The normalized spacial score (nSPS) is 26.8. The molecular weight excluding hydrogens is 406 g/mol. The first-order valence-electron chi connectivity index (χ1n) is 10.0. The van der Waals surface area contributed by atoms with E-state index >= 15 is 0 Å². The summed E-state index contributed by atoms with van der Waals surface area (Å²) in [6, 6.07) is 5.54. The van der Waals surface area contributed by atoms with Crippen LogP contribution in [0.5, 0.6) is 5.75 Å². The van der Waals surface area contributed by atoms with Crippen molar-refractivity contribution >= 4 is 27.5 Å². The molecular formula is C21H31N3O5S. The first kappa shape index (κ1) is 22.4. The Balaban J connectivity index is 2.19. The number of amides is 1. The lowest BCUT2D eigenvalue weighted by Crippen LogP contribution is -2.61. The van der Waals surface area contributed by atoms with Gasteiger partial charge >= 0.3 is 6.09 Å². The van der Waals surface area contributed by atoms with E-state index in [2.05, 4.69) is 10.6 Å². The molecule has 0 spiro atoms. The maximum Gasteiger partial charge on any atom is 0.413 e. The molecule has 2 aliphatic heterocycles. The highest BCUT2D eigenvalue weighted by atomic mass is 32.2. The second-order valence-corrected chi connectivity index (χ2v) is 12.1. The number of fused-ring (bicyclic) bond motifs is 3. The van der Waals surface area contributed by atoms with E-state index in [0.29, 0.717) is 17.7 Å². The summed E-state index contributed by atoms with van der Waals surface area (Å²) in [5, 5.41) is 4.89. The fourth-order valence-electron chi connectivity index (χ4n) is 3.96. The molecule has 2 atom stereocenters. The monoisotopic (exact) mass is 437 g/mol. The quantitative estimate of drug-likeness (QED) is 0.699. The van der Waals surface area contributed by atoms with Gasteiger partial charge in [-0.1, -0.05) is 0 Å². The van der Waals surface area contributed by atoms with E-state index < -0.39 is 37.1 Å². The van der Waals surface area contributed by atoms with Crippen LogP contribution in [0.25, 0.3) is 0 Å². The average Bonchev–Trinajstić information content (AvgIpc) is 2.75. The highest BCUT2D eigenvalue weighted by Gasteiger charge is 2.58. The molecule has 166 valence electrons. The summed E-state index contributed by atoms with van der Waals surface area (Å²) in [6.07, 6.45) is -0.435. The van der Waals surface area contributed by atoms with E-state index in [1.165, 1.54) is 0 Å². The molecule has 1 amide bonds. The molecule has 0 aromatic heterocycles. The van der Waals surface area contributed by atoms with Gasteiger partial charge < -0.3 is 14.8 Å². The molecule has 1 aromatic rings. The van der Waals surface area contributed by atoms with Crippen molar-refractivity contribution in [3.8, 4) is 5.75 Å². The summed E-state index contributed by atoms with van der Waals surface area (Å²) >= 11 is 0. The van der Waals surface area contributed by atoms with Crippen LogP contribution < -0.4 is 15.4 Å². The number of benzene rings is 1. The van der Waals surface area contributed by atoms with Crippen LogP contribution in [-0.4, -0.2) is 49.6 Å². The summed E-state index contributed by atoms with van der Waals surface area (Å²) in [5.74, 6) is 0.660. The van der Waals surface area contributed by atoms with Crippen molar-refractivity contribution in [1.29, 1.82) is 0 Å². The van der Waals surface area contributed by atoms with Gasteiger partial charge in [0.05, 0.1) is 11.9 Å². The SMILES string of the molecule is CNc1ccc2c(c1)[C@@]1(C)N=C(NC(=O)OC(C)(C)C)C(C)(C)S(=O)(=O)[C@@H]1CCO2. The number of nitrogens with one attached hydrogen (secondary N) is 2. The Kier molecular flexibility index (Phi) is 5.33. The van der Waals surface area contributed by atoms with Crippen molar-refractivity contribution in [1.82, 2.24) is 5.32 Å². The lowest BCUT2D eigenvalue weighted by Gasteiger charge is -2.44. The fraction of sp³-hybridized carbons (Fsp3) is 0.619. The number of alkyl carbamates (subject to hydrolysis) is 1. The molecule has 0 aliphatic carbocycles. The largest absolute Gasteiger partial charge is 0.493 e. The molecule has 2 heterocycles. The molecule has 0 bridgehead atoms. The molecule has 2 aliphatic rings. The number of hydrogen-bond donors (Lipinski definition) is 2. The highest BCUT2D eigenvalue weighted by molar-refractivity contribution is 7.94. The van der Waals surface area contributed by atoms with Gasteiger partial charge in [0.1, 0.15) is 27.5 Å². The summed E-state index contributed by atoms with van der Waals surface area (Å²) in [7, 11) is -1.96. The van der Waals surface area contributed by atoms with Gasteiger partial charge in [-0.2, -0.15) is 0 Å². The van der Waals surface area contributed by atoms with E-state index in [-0.39, 0.29) is 12.4 Å². The zero-order chi connectivity index (χ0) is 22.5. The lowest BCUT2D eigenvalue weighted by atomic mass is 9.86. The van der Waals surface area contributed by atoms with Gasteiger partial charge in [0, 0.05) is 24.7 Å². The Morgan fingerprint density at radius 2 is 1.93 bits per heavy atom. The Labute approximate surface area is 178 Å². The zero-order valence-electron chi connectivity index (χ0n) is 18.6. The van der Waals surface area contributed by atoms with Crippen LogP contribution >= 0.6 is 0 Å². The summed E-state index contributed by atoms with van der Waals surface area (Å²) in [4.78, 5) is 17.3. The van der Waals surface area contributed by atoms with Crippen molar-refractivity contribution in [3.63, 3.8) is 0 Å². The Hall–Kier alpha value is -2.29. The number of ether oxygens (including phenoxy) is 2. The summed E-state index contributed by atoms with van der Waals surface area (Å²) < 4.78 is 37.3. The number of nitrogens with zero attached hydrogens (tertiary/aromatic N) is 1. The molecule has 0 saturated carbocycles. The Bertz CT molecular complexity index is 994. The van der Waals surface area contributed by atoms with Crippen molar-refractivity contribution in [2.24, 2.45) is 4.99 Å². The van der Waals surface area contributed by atoms with Gasteiger partial charge in [-0.25, -0.2) is 13.2 Å². The third-order valence-corrected chi connectivity index (χ3v) is 8.76. The Morgan fingerprint density at radius 3 is 2.53 bits per heavy atom. The number of amidine groups is 1. The summed E-state index contributed by atoms with van der Waals surface area (Å²) in [6.45, 7) is 10.4. The van der Waals surface area contributed by atoms with Gasteiger partial charge in [-0.15, -0.1) is 0 Å². The number of sulfone groups is 1. The first-order valence-corrected chi connectivity index (χ1v) is 11.6. The molecule has 1 aromatic carbocycles. The minimum absolute atomic E-state index is 0.0678. The van der Waals surface area contributed by atoms with E-state index in [9.17, 15) is 13.2 Å². The predicted molar refractivity (Wildman–Crippen MR) is 117 cm³/mol. The van der Waals surface area contributed by atoms with Crippen LogP contribution in [0.2, 0.25) is 0 Å². The smallest absolute Gasteiger partial charge is 0.413 e. The number of carbonyl (C=O) groups excluding carboxylic acids is 1. The molecule has 2 N–H and O–H groups in total. The van der Waals surface area contributed by atoms with E-state index in [4.69, 9.17) is 14.5 Å². The molecule has 8 nitrogen and oxygen atoms in total. The van der Waals surface area contributed by atoms with Crippen molar-refractivity contribution < 1.29 is 22.7 Å². The number of rotatable bonds is 1. The van der Waals surface area contributed by atoms with Crippen LogP contribution in [-0.2, 0) is 20.1 Å². The third kappa shape index (κ3) is 3.64. The minimum atomic E-state index is -3.75. The second kappa shape index (κ2) is 7.14. The number of hydrogen-bond acceptors (Lipinski definition) is 7. The minimum Gasteiger partial charge on any atom is -0.493 e. The topological polar surface area (TPSA) is 106 Å². The maximum absolute atomic E-state index is 13.7. The lowest BCUT2D eigenvalue weighted by molar-refractivity contribution is 0.0560. The van der Waals surface area contributed by atoms with E-state index in [1.807, 2.05) is 18.2 Å². The number of aliphatic imine (C=N–C) groups is 1. The van der Waals surface area contributed by atoms with Gasteiger partial charge in [0.25, 0.3) is 0 Å². The Morgan fingerprint density at radius 1 is 1.27 bits per heavy atom. The predicted octanol–water partition coefficient (Wildman–Crippen LogP) is 3.22. The van der Waals surface area contributed by atoms with Crippen molar-refractivity contribution in [2.45, 2.75) is 69.1 Å². The molecule has 0 radical (unpaired) electrons. The average molecular weight is 438 g/mol. The van der Waals surface area contributed by atoms with Crippen LogP contribution in [0.15, 0.2) is 23.2 Å². The van der Waals surface area contributed by atoms with Gasteiger partial charge in [-0.05, 0) is 59.7 Å². The van der Waals surface area contributed by atoms with E-state index in [1.54, 1.807) is 48.6 Å². The zero-order valence-corrected chi connectivity index (χ0v) is 19.4.